The maximum absolute atomic E-state index is 13.7. The number of ether oxygens (including phenoxy) is 2. The van der Waals surface area contributed by atoms with Crippen LogP contribution in [0.4, 0.5) is 10.1 Å². The summed E-state index contributed by atoms with van der Waals surface area (Å²) in [4.78, 5) is 14.0. The van der Waals surface area contributed by atoms with E-state index in [1.165, 1.54) is 6.07 Å². The van der Waals surface area contributed by atoms with Crippen LogP contribution in [0.15, 0.2) is 48.5 Å². The Kier molecular flexibility index (Phi) is 5.53. The Morgan fingerprint density at radius 2 is 1.96 bits per heavy atom. The molecular formula is C20H22FNO3. The minimum absolute atomic E-state index is 0.154. The van der Waals surface area contributed by atoms with Gasteiger partial charge >= 0.3 is 5.97 Å². The lowest BCUT2D eigenvalue weighted by atomic mass is 10.1. The molecule has 0 N–H and O–H groups in total. The highest BCUT2D eigenvalue weighted by Gasteiger charge is 2.27. The second kappa shape index (κ2) is 8.01. The van der Waals surface area contributed by atoms with Crippen LogP contribution in [0.25, 0.3) is 0 Å². The molecule has 3 rings (SSSR count). The molecule has 0 spiro atoms. The molecule has 0 amide bonds. The monoisotopic (exact) mass is 343 g/mol. The maximum Gasteiger partial charge on any atom is 0.307 e. The van der Waals surface area contributed by atoms with Crippen molar-refractivity contribution in [1.82, 2.24) is 0 Å². The predicted octanol–water partition coefficient (Wildman–Crippen LogP) is 4.54. The van der Waals surface area contributed by atoms with Crippen molar-refractivity contribution < 1.29 is 18.7 Å². The average Bonchev–Trinajstić information content (AvgIpc) is 3.06. The van der Waals surface area contributed by atoms with Gasteiger partial charge in [0.05, 0.1) is 13.0 Å². The van der Waals surface area contributed by atoms with E-state index >= 15 is 0 Å². The normalized spacial score (nSPS) is 16.7. The average molecular weight is 343 g/mol. The molecule has 1 saturated heterocycles. The molecule has 25 heavy (non-hydrogen) atoms. The van der Waals surface area contributed by atoms with E-state index in [4.69, 9.17) is 9.47 Å². The molecule has 0 aliphatic carbocycles. The van der Waals surface area contributed by atoms with Gasteiger partial charge in [0.1, 0.15) is 5.75 Å². The third-order valence-electron chi connectivity index (χ3n) is 4.32. The molecule has 1 aliphatic rings. The molecule has 2 aromatic rings. The van der Waals surface area contributed by atoms with Gasteiger partial charge in [-0.15, -0.1) is 0 Å². The number of carbonyl (C=O) groups is 1. The number of benzene rings is 2. The van der Waals surface area contributed by atoms with Gasteiger partial charge < -0.3 is 14.4 Å². The van der Waals surface area contributed by atoms with Crippen molar-refractivity contribution in [2.75, 3.05) is 18.1 Å². The van der Waals surface area contributed by atoms with Crippen molar-refractivity contribution >= 4 is 11.7 Å². The third kappa shape index (κ3) is 4.29. The second-order valence-electron chi connectivity index (χ2n) is 6.02. The highest BCUT2D eigenvalue weighted by atomic mass is 19.1. The number of anilines is 1. The van der Waals surface area contributed by atoms with E-state index in [1.54, 1.807) is 18.2 Å². The van der Waals surface area contributed by atoms with Crippen LogP contribution in [0.5, 0.6) is 11.5 Å². The number of para-hydroxylation sites is 1. The number of carbonyl (C=O) groups excluding carboxylic acids is 1. The summed E-state index contributed by atoms with van der Waals surface area (Å²) < 4.78 is 24.3. The van der Waals surface area contributed by atoms with Gasteiger partial charge in [-0.2, -0.15) is 0 Å². The van der Waals surface area contributed by atoms with E-state index in [-0.39, 0.29) is 23.6 Å². The summed E-state index contributed by atoms with van der Waals surface area (Å²) in [6.07, 6.45) is 2.44. The summed E-state index contributed by atoms with van der Waals surface area (Å²) in [5.41, 5.74) is 1.03. The summed E-state index contributed by atoms with van der Waals surface area (Å²) >= 11 is 0. The van der Waals surface area contributed by atoms with Gasteiger partial charge in [0.25, 0.3) is 0 Å². The molecule has 1 fully saturated rings. The van der Waals surface area contributed by atoms with Gasteiger partial charge in [-0.25, -0.2) is 4.39 Å². The van der Waals surface area contributed by atoms with Gasteiger partial charge in [-0.3, -0.25) is 4.79 Å². The van der Waals surface area contributed by atoms with Gasteiger partial charge in [-0.1, -0.05) is 12.1 Å². The molecule has 0 aromatic heterocycles. The first-order chi connectivity index (χ1) is 12.2. The SMILES string of the molecule is CCOC(=O)C[C@H]1CCCN1c1ccc(Oc2ccccc2F)cc1. The van der Waals surface area contributed by atoms with Gasteiger partial charge in [0.2, 0.25) is 0 Å². The topological polar surface area (TPSA) is 38.8 Å². The quantitative estimate of drug-likeness (QED) is 0.722. The molecule has 1 atom stereocenters. The number of esters is 1. The fourth-order valence-corrected chi connectivity index (χ4v) is 3.16. The zero-order chi connectivity index (χ0) is 17.6. The molecule has 132 valence electrons. The van der Waals surface area contributed by atoms with Crippen molar-refractivity contribution in [3.8, 4) is 11.5 Å². The van der Waals surface area contributed by atoms with Crippen LogP contribution < -0.4 is 9.64 Å². The summed E-state index contributed by atoms with van der Waals surface area (Å²) in [7, 11) is 0. The largest absolute Gasteiger partial charge is 0.466 e. The third-order valence-corrected chi connectivity index (χ3v) is 4.32. The van der Waals surface area contributed by atoms with Crippen LogP contribution in [0.2, 0.25) is 0 Å². The summed E-state index contributed by atoms with van der Waals surface area (Å²) in [6, 6.07) is 14.0. The van der Waals surface area contributed by atoms with Crippen molar-refractivity contribution in [1.29, 1.82) is 0 Å². The van der Waals surface area contributed by atoms with Gasteiger partial charge in [0.15, 0.2) is 11.6 Å². The summed E-state index contributed by atoms with van der Waals surface area (Å²) in [6.45, 7) is 3.14. The Morgan fingerprint density at radius 1 is 1.20 bits per heavy atom. The van der Waals surface area contributed by atoms with Crippen LogP contribution in [0, 0.1) is 5.82 Å². The number of halogens is 1. The van der Waals surface area contributed by atoms with Crippen LogP contribution in [0.1, 0.15) is 26.2 Å². The number of hydrogen-bond acceptors (Lipinski definition) is 4. The van der Waals surface area contributed by atoms with Gasteiger partial charge in [-0.05, 0) is 56.2 Å². The number of hydrogen-bond donors (Lipinski definition) is 0. The lowest BCUT2D eigenvalue weighted by Gasteiger charge is -2.26. The Balaban J connectivity index is 1.67. The highest BCUT2D eigenvalue weighted by molar-refractivity contribution is 5.71. The molecule has 2 aromatic carbocycles. The van der Waals surface area contributed by atoms with Crippen molar-refractivity contribution in [2.45, 2.75) is 32.2 Å². The fourth-order valence-electron chi connectivity index (χ4n) is 3.16. The van der Waals surface area contributed by atoms with E-state index in [9.17, 15) is 9.18 Å². The lowest BCUT2D eigenvalue weighted by molar-refractivity contribution is -0.143. The molecule has 1 heterocycles. The molecule has 1 aliphatic heterocycles. The van der Waals surface area contributed by atoms with E-state index in [0.29, 0.717) is 18.8 Å². The Morgan fingerprint density at radius 3 is 2.68 bits per heavy atom. The van der Waals surface area contributed by atoms with Crippen molar-refractivity contribution in [2.24, 2.45) is 0 Å². The minimum Gasteiger partial charge on any atom is -0.466 e. The molecule has 5 heteroatoms. The molecule has 0 bridgehead atoms. The van der Waals surface area contributed by atoms with Crippen LogP contribution in [-0.2, 0) is 9.53 Å². The van der Waals surface area contributed by atoms with Crippen molar-refractivity contribution in [3.63, 3.8) is 0 Å². The van der Waals surface area contributed by atoms with Crippen LogP contribution in [0.3, 0.4) is 0 Å². The van der Waals surface area contributed by atoms with Crippen LogP contribution in [-0.4, -0.2) is 25.2 Å². The molecular weight excluding hydrogens is 321 g/mol. The Bertz CT molecular complexity index is 717. The van der Waals surface area contributed by atoms with Gasteiger partial charge in [0, 0.05) is 18.3 Å². The number of nitrogens with zero attached hydrogens (tertiary/aromatic N) is 1. The van der Waals surface area contributed by atoms with Crippen LogP contribution >= 0.6 is 0 Å². The standard InChI is InChI=1S/C20H22FNO3/c1-2-24-20(23)14-16-6-5-13-22(16)15-9-11-17(12-10-15)25-19-8-4-3-7-18(19)21/h3-4,7-12,16H,2,5-6,13-14H2,1H3/t16-/m1/s1. The highest BCUT2D eigenvalue weighted by Crippen LogP contribution is 2.31. The second-order valence-corrected chi connectivity index (χ2v) is 6.02. The van der Waals surface area contributed by atoms with E-state index in [0.717, 1.165) is 25.1 Å². The van der Waals surface area contributed by atoms with E-state index in [1.807, 2.05) is 31.2 Å². The first-order valence-corrected chi connectivity index (χ1v) is 8.62. The first kappa shape index (κ1) is 17.3. The smallest absolute Gasteiger partial charge is 0.307 e. The van der Waals surface area contributed by atoms with E-state index in [2.05, 4.69) is 4.90 Å². The maximum atomic E-state index is 13.7. The summed E-state index contributed by atoms with van der Waals surface area (Å²) in [5, 5.41) is 0. The zero-order valence-corrected chi connectivity index (χ0v) is 14.3. The zero-order valence-electron chi connectivity index (χ0n) is 14.3. The fraction of sp³-hybridized carbons (Fsp3) is 0.350. The number of rotatable bonds is 6. The molecule has 0 radical (unpaired) electrons. The van der Waals surface area contributed by atoms with Crippen molar-refractivity contribution in [3.05, 3.63) is 54.3 Å². The predicted molar refractivity (Wildman–Crippen MR) is 94.5 cm³/mol. The lowest BCUT2D eigenvalue weighted by Crippen LogP contribution is -2.31. The Hall–Kier alpha value is -2.56. The molecule has 4 nitrogen and oxygen atoms in total. The van der Waals surface area contributed by atoms with E-state index < -0.39 is 0 Å². The molecule has 0 saturated carbocycles. The minimum atomic E-state index is -0.388. The Labute approximate surface area is 147 Å². The first-order valence-electron chi connectivity index (χ1n) is 8.62. The summed E-state index contributed by atoms with van der Waals surface area (Å²) in [5.74, 6) is 0.242. The molecule has 0 unspecified atom stereocenters.